The fraction of sp³-hybridized carbons (Fsp3) is 0.684. The van der Waals surface area contributed by atoms with Gasteiger partial charge in [-0.1, -0.05) is 31.1 Å². The first-order valence-electron chi connectivity index (χ1n) is 8.54. The van der Waals surface area contributed by atoms with Crippen molar-refractivity contribution >= 4 is 11.6 Å². The summed E-state index contributed by atoms with van der Waals surface area (Å²) in [7, 11) is 0. The summed E-state index contributed by atoms with van der Waals surface area (Å²) in [6.45, 7) is 3.77. The van der Waals surface area contributed by atoms with Crippen LogP contribution in [0.3, 0.4) is 0 Å². The number of hydrogen-bond donors (Lipinski definition) is 0. The van der Waals surface area contributed by atoms with Crippen LogP contribution in [-0.4, -0.2) is 11.6 Å². The number of Topliss-reactive ketones (excluding diaryl/α,β-unsaturated/α-hetero) is 2. The van der Waals surface area contributed by atoms with Gasteiger partial charge < -0.3 is 0 Å². The first-order valence-corrected chi connectivity index (χ1v) is 8.54. The van der Waals surface area contributed by atoms with Gasteiger partial charge in [0, 0.05) is 25.2 Å². The Kier molecular flexibility index (Phi) is 9.77. The molecule has 1 aliphatic carbocycles. The van der Waals surface area contributed by atoms with Gasteiger partial charge >= 0.3 is 0 Å². The molecule has 1 rings (SSSR count). The third-order valence-corrected chi connectivity index (χ3v) is 4.20. The summed E-state index contributed by atoms with van der Waals surface area (Å²) in [6.07, 6.45) is 17.2. The van der Waals surface area contributed by atoms with Crippen LogP contribution in [-0.2, 0) is 9.59 Å². The zero-order valence-corrected chi connectivity index (χ0v) is 13.3. The molecular weight excluding hydrogens is 260 g/mol. The van der Waals surface area contributed by atoms with Crippen molar-refractivity contribution in [2.45, 2.75) is 77.0 Å². The molecule has 0 aromatic carbocycles. The van der Waals surface area contributed by atoms with Gasteiger partial charge in [-0.15, -0.1) is 6.58 Å². The van der Waals surface area contributed by atoms with Crippen LogP contribution in [0, 0.1) is 5.92 Å². The maximum Gasteiger partial charge on any atom is 0.136 e. The van der Waals surface area contributed by atoms with Crippen LogP contribution < -0.4 is 0 Å². The lowest BCUT2D eigenvalue weighted by molar-refractivity contribution is -0.123. The minimum absolute atomic E-state index is 0.126. The quantitative estimate of drug-likeness (QED) is 0.657. The van der Waals surface area contributed by atoms with Gasteiger partial charge in [0.1, 0.15) is 11.6 Å². The van der Waals surface area contributed by atoms with Crippen molar-refractivity contribution in [2.75, 3.05) is 0 Å². The largest absolute Gasteiger partial charge is 0.300 e. The summed E-state index contributed by atoms with van der Waals surface area (Å²) in [5.41, 5.74) is 0. The molecule has 1 unspecified atom stereocenters. The smallest absolute Gasteiger partial charge is 0.136 e. The monoisotopic (exact) mass is 290 g/mol. The summed E-state index contributed by atoms with van der Waals surface area (Å²) in [5.74, 6) is 0.763. The predicted octanol–water partition coefficient (Wildman–Crippen LogP) is 5.18. The van der Waals surface area contributed by atoms with E-state index in [1.807, 2.05) is 6.08 Å². The van der Waals surface area contributed by atoms with Crippen molar-refractivity contribution in [3.8, 4) is 0 Å². The molecule has 0 aromatic heterocycles. The van der Waals surface area contributed by atoms with E-state index in [0.717, 1.165) is 44.9 Å². The fourth-order valence-electron chi connectivity index (χ4n) is 2.88. The lowest BCUT2D eigenvalue weighted by Crippen LogP contribution is -2.14. The van der Waals surface area contributed by atoms with E-state index in [4.69, 9.17) is 0 Å². The van der Waals surface area contributed by atoms with Gasteiger partial charge in [-0.2, -0.15) is 0 Å². The van der Waals surface area contributed by atoms with Gasteiger partial charge in [-0.25, -0.2) is 0 Å². The molecule has 0 radical (unpaired) electrons. The standard InChI is InChI=1S/C19H30O2/c1-2-12-17-13-9-7-5-3-4-6-8-10-14-18(20)15-11-16-19(17)21/h2,4,6,17H,1,3,5,7-16H2. The molecule has 0 bridgehead atoms. The molecule has 0 aromatic rings. The molecule has 0 heterocycles. The Morgan fingerprint density at radius 1 is 0.952 bits per heavy atom. The van der Waals surface area contributed by atoms with E-state index in [1.54, 1.807) is 0 Å². The lowest BCUT2D eigenvalue weighted by atomic mass is 9.90. The van der Waals surface area contributed by atoms with Crippen LogP contribution in [0.5, 0.6) is 0 Å². The Morgan fingerprint density at radius 3 is 2.43 bits per heavy atom. The zero-order chi connectivity index (χ0) is 15.3. The van der Waals surface area contributed by atoms with Crippen molar-refractivity contribution < 1.29 is 9.59 Å². The number of allylic oxidation sites excluding steroid dienone is 3. The SMILES string of the molecule is C=CCC1CCCCCC=CCCCC(=O)CCCC1=O. The Labute approximate surface area is 129 Å². The van der Waals surface area contributed by atoms with Crippen LogP contribution in [0.25, 0.3) is 0 Å². The number of rotatable bonds is 2. The molecule has 2 nitrogen and oxygen atoms in total. The summed E-state index contributed by atoms with van der Waals surface area (Å²) < 4.78 is 0. The molecule has 0 aliphatic heterocycles. The molecule has 0 N–H and O–H groups in total. The fourth-order valence-corrected chi connectivity index (χ4v) is 2.88. The van der Waals surface area contributed by atoms with Gasteiger partial charge in [0.2, 0.25) is 0 Å². The summed E-state index contributed by atoms with van der Waals surface area (Å²) in [6, 6.07) is 0. The highest BCUT2D eigenvalue weighted by Gasteiger charge is 2.16. The average Bonchev–Trinajstić information content (AvgIpc) is 2.46. The van der Waals surface area contributed by atoms with Crippen LogP contribution in [0.15, 0.2) is 24.8 Å². The molecule has 21 heavy (non-hydrogen) atoms. The highest BCUT2D eigenvalue weighted by Crippen LogP contribution is 2.19. The van der Waals surface area contributed by atoms with Crippen molar-refractivity contribution in [3.63, 3.8) is 0 Å². The second-order valence-corrected chi connectivity index (χ2v) is 6.08. The maximum atomic E-state index is 12.2. The van der Waals surface area contributed by atoms with Crippen LogP contribution in [0.4, 0.5) is 0 Å². The Bertz CT molecular complexity index is 355. The summed E-state index contributed by atoms with van der Waals surface area (Å²) >= 11 is 0. The van der Waals surface area contributed by atoms with Crippen molar-refractivity contribution in [2.24, 2.45) is 5.92 Å². The van der Waals surface area contributed by atoms with Crippen molar-refractivity contribution in [1.29, 1.82) is 0 Å². The lowest BCUT2D eigenvalue weighted by Gasteiger charge is -2.14. The molecule has 0 fully saturated rings. The number of carbonyl (C=O) groups is 2. The van der Waals surface area contributed by atoms with E-state index in [0.29, 0.717) is 30.8 Å². The van der Waals surface area contributed by atoms with E-state index in [1.165, 1.54) is 12.8 Å². The van der Waals surface area contributed by atoms with Crippen LogP contribution in [0.1, 0.15) is 77.0 Å². The van der Waals surface area contributed by atoms with Crippen LogP contribution in [0.2, 0.25) is 0 Å². The van der Waals surface area contributed by atoms with Gasteiger partial charge in [0.05, 0.1) is 0 Å². The summed E-state index contributed by atoms with van der Waals surface area (Å²) in [4.78, 5) is 24.0. The van der Waals surface area contributed by atoms with Gasteiger partial charge in [-0.3, -0.25) is 9.59 Å². The second-order valence-electron chi connectivity index (χ2n) is 6.08. The first-order chi connectivity index (χ1) is 10.2. The topological polar surface area (TPSA) is 34.1 Å². The summed E-state index contributed by atoms with van der Waals surface area (Å²) in [5, 5.41) is 0. The van der Waals surface area contributed by atoms with E-state index in [-0.39, 0.29) is 5.92 Å². The van der Waals surface area contributed by atoms with Crippen LogP contribution >= 0.6 is 0 Å². The molecule has 118 valence electrons. The minimum atomic E-state index is 0.126. The number of hydrogen-bond acceptors (Lipinski definition) is 2. The molecular formula is C19H30O2. The Balaban J connectivity index is 2.49. The third kappa shape index (κ3) is 8.64. The van der Waals surface area contributed by atoms with Gasteiger partial charge in [-0.05, 0) is 44.9 Å². The van der Waals surface area contributed by atoms with E-state index >= 15 is 0 Å². The minimum Gasteiger partial charge on any atom is -0.300 e. The number of carbonyl (C=O) groups excluding carboxylic acids is 2. The predicted molar refractivity (Wildman–Crippen MR) is 88.2 cm³/mol. The zero-order valence-electron chi connectivity index (χ0n) is 13.3. The Hall–Kier alpha value is -1.18. The van der Waals surface area contributed by atoms with Crippen molar-refractivity contribution in [3.05, 3.63) is 24.8 Å². The first kappa shape index (κ1) is 17.9. The average molecular weight is 290 g/mol. The highest BCUT2D eigenvalue weighted by atomic mass is 16.1. The molecule has 0 spiro atoms. The van der Waals surface area contributed by atoms with E-state index in [2.05, 4.69) is 18.7 Å². The molecule has 0 amide bonds. The van der Waals surface area contributed by atoms with E-state index < -0.39 is 0 Å². The van der Waals surface area contributed by atoms with Gasteiger partial charge in [0.15, 0.2) is 0 Å². The van der Waals surface area contributed by atoms with Crippen molar-refractivity contribution in [1.82, 2.24) is 0 Å². The van der Waals surface area contributed by atoms with Gasteiger partial charge in [0.25, 0.3) is 0 Å². The second kappa shape index (κ2) is 11.5. The third-order valence-electron chi connectivity index (χ3n) is 4.20. The maximum absolute atomic E-state index is 12.2. The molecule has 1 aliphatic rings. The number of ketones is 2. The molecule has 0 saturated heterocycles. The molecule has 2 heteroatoms. The normalized spacial score (nSPS) is 23.9. The van der Waals surface area contributed by atoms with E-state index in [9.17, 15) is 9.59 Å². The Morgan fingerprint density at radius 2 is 1.67 bits per heavy atom. The highest BCUT2D eigenvalue weighted by molar-refractivity contribution is 5.82. The molecule has 0 saturated carbocycles. The molecule has 1 atom stereocenters.